The van der Waals surface area contributed by atoms with E-state index in [1.54, 1.807) is 23.6 Å². The molecule has 0 unspecified atom stereocenters. The average molecular weight is 383 g/mol. The van der Waals surface area contributed by atoms with Crippen LogP contribution in [-0.4, -0.2) is 19.2 Å². The van der Waals surface area contributed by atoms with Crippen LogP contribution in [-0.2, 0) is 6.18 Å². The monoisotopic (exact) mass is 383 g/mol. The van der Waals surface area contributed by atoms with E-state index in [2.05, 4.69) is 4.98 Å². The molecule has 1 heterocycles. The van der Waals surface area contributed by atoms with Crippen LogP contribution in [0, 0.1) is 5.82 Å². The van der Waals surface area contributed by atoms with Crippen molar-refractivity contribution in [2.75, 3.05) is 14.2 Å². The maximum absolute atomic E-state index is 13.5. The SMILES string of the molecule is COc1ccc(-c2nc(-c3ccc(F)c(C(F)(F)F)c3)cs2)c(OC)c1. The number of hydrogen-bond donors (Lipinski definition) is 0. The van der Waals surface area contributed by atoms with E-state index < -0.39 is 17.6 Å². The van der Waals surface area contributed by atoms with Crippen molar-refractivity contribution in [3.05, 3.63) is 53.2 Å². The Morgan fingerprint density at radius 1 is 1.00 bits per heavy atom. The number of hydrogen-bond acceptors (Lipinski definition) is 4. The number of thiazole rings is 1. The van der Waals surface area contributed by atoms with Crippen molar-refractivity contribution in [3.8, 4) is 33.3 Å². The number of nitrogens with zero attached hydrogens (tertiary/aromatic N) is 1. The number of rotatable bonds is 4. The third-order valence-electron chi connectivity index (χ3n) is 3.71. The summed E-state index contributed by atoms with van der Waals surface area (Å²) in [5, 5.41) is 2.18. The molecule has 0 aliphatic heterocycles. The zero-order chi connectivity index (χ0) is 18.9. The second-order valence-electron chi connectivity index (χ2n) is 5.30. The van der Waals surface area contributed by atoms with Gasteiger partial charge in [0.15, 0.2) is 0 Å². The highest BCUT2D eigenvalue weighted by Gasteiger charge is 2.34. The highest BCUT2D eigenvalue weighted by atomic mass is 32.1. The molecule has 136 valence electrons. The van der Waals surface area contributed by atoms with Gasteiger partial charge in [0, 0.05) is 17.0 Å². The van der Waals surface area contributed by atoms with Crippen LogP contribution in [0.4, 0.5) is 17.6 Å². The molecular weight excluding hydrogens is 370 g/mol. The number of methoxy groups -OCH3 is 2. The summed E-state index contributed by atoms with van der Waals surface area (Å²) < 4.78 is 62.6. The standard InChI is InChI=1S/C18H13F4NO2S/c1-24-11-4-5-12(16(8-11)25-2)17-23-15(9-26-17)10-3-6-14(19)13(7-10)18(20,21)22/h3-9H,1-2H3. The summed E-state index contributed by atoms with van der Waals surface area (Å²) in [5.74, 6) is -0.176. The van der Waals surface area contributed by atoms with Crippen molar-refractivity contribution in [3.63, 3.8) is 0 Å². The smallest absolute Gasteiger partial charge is 0.419 e. The molecular formula is C18H13F4NO2S. The molecule has 26 heavy (non-hydrogen) atoms. The van der Waals surface area contributed by atoms with Gasteiger partial charge in [-0.05, 0) is 30.3 Å². The first-order chi connectivity index (χ1) is 12.3. The van der Waals surface area contributed by atoms with Gasteiger partial charge in [-0.25, -0.2) is 9.37 Å². The lowest BCUT2D eigenvalue weighted by atomic mass is 10.1. The van der Waals surface area contributed by atoms with Gasteiger partial charge in [0.05, 0.1) is 31.0 Å². The molecule has 0 aliphatic carbocycles. The predicted molar refractivity (Wildman–Crippen MR) is 91.1 cm³/mol. The molecule has 3 nitrogen and oxygen atoms in total. The Hall–Kier alpha value is -2.61. The van der Waals surface area contributed by atoms with Crippen LogP contribution in [0.3, 0.4) is 0 Å². The van der Waals surface area contributed by atoms with Crippen LogP contribution in [0.25, 0.3) is 21.8 Å². The second kappa shape index (κ2) is 6.95. The summed E-state index contributed by atoms with van der Waals surface area (Å²) >= 11 is 1.25. The Morgan fingerprint density at radius 3 is 2.42 bits per heavy atom. The van der Waals surface area contributed by atoms with Crippen molar-refractivity contribution in [1.82, 2.24) is 4.98 Å². The minimum Gasteiger partial charge on any atom is -0.497 e. The first kappa shape index (κ1) is 18.2. The van der Waals surface area contributed by atoms with Gasteiger partial charge in [-0.15, -0.1) is 11.3 Å². The van der Waals surface area contributed by atoms with Crippen LogP contribution in [0.5, 0.6) is 11.5 Å². The lowest BCUT2D eigenvalue weighted by Gasteiger charge is -2.09. The third kappa shape index (κ3) is 3.50. The van der Waals surface area contributed by atoms with E-state index in [0.29, 0.717) is 27.8 Å². The maximum atomic E-state index is 13.5. The average Bonchev–Trinajstić information content (AvgIpc) is 3.10. The zero-order valence-electron chi connectivity index (χ0n) is 13.7. The first-order valence-corrected chi connectivity index (χ1v) is 8.26. The summed E-state index contributed by atoms with van der Waals surface area (Å²) in [7, 11) is 3.03. The van der Waals surface area contributed by atoms with Crippen LogP contribution in [0.2, 0.25) is 0 Å². The molecule has 0 saturated carbocycles. The minimum absolute atomic E-state index is 0.189. The Labute approximate surface area is 150 Å². The first-order valence-electron chi connectivity index (χ1n) is 7.38. The van der Waals surface area contributed by atoms with Crippen LogP contribution >= 0.6 is 11.3 Å². The van der Waals surface area contributed by atoms with Gasteiger partial charge in [-0.1, -0.05) is 0 Å². The van der Waals surface area contributed by atoms with Crippen molar-refractivity contribution in [2.45, 2.75) is 6.18 Å². The molecule has 0 atom stereocenters. The molecule has 0 bridgehead atoms. The van der Waals surface area contributed by atoms with Crippen LogP contribution in [0.15, 0.2) is 41.8 Å². The van der Waals surface area contributed by atoms with E-state index in [-0.39, 0.29) is 5.56 Å². The van der Waals surface area contributed by atoms with Crippen molar-refractivity contribution < 1.29 is 27.0 Å². The van der Waals surface area contributed by atoms with E-state index in [1.807, 2.05) is 0 Å². The van der Waals surface area contributed by atoms with Gasteiger partial charge in [0.25, 0.3) is 0 Å². The second-order valence-corrected chi connectivity index (χ2v) is 6.15. The van der Waals surface area contributed by atoms with Gasteiger partial charge < -0.3 is 9.47 Å². The highest BCUT2D eigenvalue weighted by molar-refractivity contribution is 7.13. The minimum atomic E-state index is -4.77. The van der Waals surface area contributed by atoms with Gasteiger partial charge in [0.2, 0.25) is 0 Å². The van der Waals surface area contributed by atoms with Crippen LogP contribution < -0.4 is 9.47 Å². The number of aromatic nitrogens is 1. The Morgan fingerprint density at radius 2 is 1.77 bits per heavy atom. The molecule has 8 heteroatoms. The predicted octanol–water partition coefficient (Wildman–Crippen LogP) is 5.65. The van der Waals surface area contributed by atoms with Crippen LogP contribution in [0.1, 0.15) is 5.56 Å². The molecule has 0 saturated heterocycles. The summed E-state index contributed by atoms with van der Waals surface area (Å²) in [4.78, 5) is 4.38. The summed E-state index contributed by atoms with van der Waals surface area (Å²) in [6.45, 7) is 0. The molecule has 0 amide bonds. The van der Waals surface area contributed by atoms with E-state index >= 15 is 0 Å². The molecule has 3 rings (SSSR count). The van der Waals surface area contributed by atoms with Gasteiger partial charge >= 0.3 is 6.18 Å². The van der Waals surface area contributed by atoms with Gasteiger partial charge in [-0.3, -0.25) is 0 Å². The molecule has 0 radical (unpaired) electrons. The van der Waals surface area contributed by atoms with Crippen molar-refractivity contribution >= 4 is 11.3 Å². The molecule has 0 spiro atoms. The fraction of sp³-hybridized carbons (Fsp3) is 0.167. The number of alkyl halides is 3. The normalized spacial score (nSPS) is 11.5. The number of benzene rings is 2. The van der Waals surface area contributed by atoms with E-state index in [9.17, 15) is 17.6 Å². The Kier molecular flexibility index (Phi) is 4.86. The molecule has 0 N–H and O–H groups in total. The van der Waals surface area contributed by atoms with Crippen molar-refractivity contribution in [2.24, 2.45) is 0 Å². The topological polar surface area (TPSA) is 31.4 Å². The number of halogens is 4. The Balaban J connectivity index is 2.01. The summed E-state index contributed by atoms with van der Waals surface area (Å²) in [5.41, 5.74) is -0.114. The fourth-order valence-corrected chi connectivity index (χ4v) is 3.27. The zero-order valence-corrected chi connectivity index (χ0v) is 14.5. The largest absolute Gasteiger partial charge is 0.497 e. The van der Waals surface area contributed by atoms with Gasteiger partial charge in [-0.2, -0.15) is 13.2 Å². The van der Waals surface area contributed by atoms with E-state index in [1.165, 1.54) is 31.6 Å². The molecule has 2 aromatic carbocycles. The van der Waals surface area contributed by atoms with E-state index in [0.717, 1.165) is 12.1 Å². The van der Waals surface area contributed by atoms with Crippen molar-refractivity contribution in [1.29, 1.82) is 0 Å². The fourth-order valence-electron chi connectivity index (χ4n) is 2.41. The molecule has 3 aromatic rings. The number of ether oxygens (including phenoxy) is 2. The van der Waals surface area contributed by atoms with Gasteiger partial charge in [0.1, 0.15) is 22.3 Å². The molecule has 1 aromatic heterocycles. The summed E-state index contributed by atoms with van der Waals surface area (Å²) in [6, 6.07) is 8.01. The molecule has 0 aliphatic rings. The summed E-state index contributed by atoms with van der Waals surface area (Å²) in [6.07, 6.45) is -4.77. The third-order valence-corrected chi connectivity index (χ3v) is 4.59. The highest BCUT2D eigenvalue weighted by Crippen LogP contribution is 2.38. The quantitative estimate of drug-likeness (QED) is 0.546. The van der Waals surface area contributed by atoms with E-state index in [4.69, 9.17) is 9.47 Å². The molecule has 0 fully saturated rings. The lowest BCUT2D eigenvalue weighted by Crippen LogP contribution is -2.08. The lowest BCUT2D eigenvalue weighted by molar-refractivity contribution is -0.139. The maximum Gasteiger partial charge on any atom is 0.419 e. The Bertz CT molecular complexity index is 937.